The van der Waals surface area contributed by atoms with E-state index in [-0.39, 0.29) is 0 Å². The first-order chi connectivity index (χ1) is 4.77. The molecule has 0 atom stereocenters. The van der Waals surface area contributed by atoms with Crippen LogP contribution in [0.2, 0.25) is 0 Å². The predicted octanol–water partition coefficient (Wildman–Crippen LogP) is 1.77. The Bertz CT molecular complexity index is 282. The lowest BCUT2D eigenvalue weighted by Gasteiger charge is -1.93. The van der Waals surface area contributed by atoms with Gasteiger partial charge in [-0.25, -0.2) is 0 Å². The molecule has 0 bridgehead atoms. The Hall–Kier alpha value is -0.830. The first-order valence-electron chi connectivity index (χ1n) is 2.86. The first kappa shape index (κ1) is 7.28. The van der Waals surface area contributed by atoms with Gasteiger partial charge in [0.05, 0.1) is 0 Å². The summed E-state index contributed by atoms with van der Waals surface area (Å²) in [6, 6.07) is 0. The van der Waals surface area contributed by atoms with Crippen molar-refractivity contribution >= 4 is 10.6 Å². The maximum Gasteiger partial charge on any atom is 0.0375 e. The molecule has 0 unspecified atom stereocenters. The minimum atomic E-state index is -1.07. The molecule has 0 amide bonds. The van der Waals surface area contributed by atoms with Crippen LogP contribution in [0.5, 0.6) is 0 Å². The average molecular weight is 154 g/mol. The molecule has 1 rings (SSSR count). The molecular formula is C7H8NOS-. The number of hydrogen-bond donors (Lipinski definition) is 0. The molecule has 0 radical (unpaired) electrons. The summed E-state index contributed by atoms with van der Waals surface area (Å²) in [5.74, 6) is 0.491. The van der Waals surface area contributed by atoms with Crippen molar-refractivity contribution in [2.75, 3.05) is 5.75 Å². The smallest absolute Gasteiger partial charge is 0.0375 e. The second kappa shape index (κ2) is 2.84. The zero-order valence-electron chi connectivity index (χ0n) is 5.54. The minimum Gasteiger partial charge on any atom is -0.444 e. The molecule has 1 heterocycles. The van der Waals surface area contributed by atoms with E-state index >= 15 is 0 Å². The van der Waals surface area contributed by atoms with Gasteiger partial charge >= 0.3 is 0 Å². The Morgan fingerprint density at radius 3 is 2.60 bits per heavy atom. The molecule has 10 heavy (non-hydrogen) atoms. The van der Waals surface area contributed by atoms with Crippen molar-refractivity contribution in [2.45, 2.75) is 0 Å². The summed E-state index contributed by atoms with van der Waals surface area (Å²) >= 11 is 0. The minimum absolute atomic E-state index is 0.491. The molecule has 3 heteroatoms. The molecule has 0 aromatic rings. The number of rotatable bonds is 2. The third-order valence-electron chi connectivity index (χ3n) is 1.25. The molecule has 1 aliphatic heterocycles. The van der Waals surface area contributed by atoms with Crippen molar-refractivity contribution in [2.24, 2.45) is 4.36 Å². The Morgan fingerprint density at radius 2 is 2.20 bits per heavy atom. The molecule has 0 aromatic carbocycles. The SMILES string of the molecule is C=CC1=C(C=C)N=[S-](=O)C1. The Balaban J connectivity index is 3.05. The highest BCUT2D eigenvalue weighted by Gasteiger charge is 1.98. The van der Waals surface area contributed by atoms with E-state index in [1.54, 1.807) is 12.2 Å². The normalized spacial score (nSPS) is 18.8. The fourth-order valence-corrected chi connectivity index (χ4v) is 1.75. The van der Waals surface area contributed by atoms with E-state index in [1.807, 2.05) is 0 Å². The van der Waals surface area contributed by atoms with Crippen LogP contribution in [0.4, 0.5) is 0 Å². The third-order valence-corrected chi connectivity index (χ3v) is 2.21. The van der Waals surface area contributed by atoms with Gasteiger partial charge in [-0.2, -0.15) is 10.6 Å². The van der Waals surface area contributed by atoms with Crippen LogP contribution in [0.15, 0.2) is 40.9 Å². The highest BCUT2D eigenvalue weighted by atomic mass is 32.2. The topological polar surface area (TPSA) is 29.4 Å². The van der Waals surface area contributed by atoms with Crippen LogP contribution in [-0.2, 0) is 14.8 Å². The van der Waals surface area contributed by atoms with Crippen molar-refractivity contribution in [3.8, 4) is 0 Å². The summed E-state index contributed by atoms with van der Waals surface area (Å²) < 4.78 is 14.6. The van der Waals surface area contributed by atoms with Gasteiger partial charge in [0.2, 0.25) is 0 Å². The monoisotopic (exact) mass is 154 g/mol. The molecule has 0 saturated carbocycles. The number of hydrogen-bond acceptors (Lipinski definition) is 3. The highest BCUT2D eigenvalue weighted by molar-refractivity contribution is 7.75. The summed E-state index contributed by atoms with van der Waals surface area (Å²) in [5.41, 5.74) is 1.64. The summed E-state index contributed by atoms with van der Waals surface area (Å²) in [4.78, 5) is 0. The molecule has 0 aromatic heterocycles. The standard InChI is InChI=1S/C7H8NOS/c1-3-6-5-10(9)8-7(6)4-2/h3-4H,1-2,5H2/q-1. The summed E-state index contributed by atoms with van der Waals surface area (Å²) in [6.07, 6.45) is 3.27. The van der Waals surface area contributed by atoms with Gasteiger partial charge in [-0.15, -0.1) is 0 Å². The van der Waals surface area contributed by atoms with Crippen molar-refractivity contribution < 1.29 is 4.21 Å². The highest BCUT2D eigenvalue weighted by Crippen LogP contribution is 2.15. The van der Waals surface area contributed by atoms with E-state index in [0.717, 1.165) is 5.57 Å². The average Bonchev–Trinajstić information content (AvgIpc) is 2.30. The van der Waals surface area contributed by atoms with Crippen molar-refractivity contribution in [1.29, 1.82) is 0 Å². The fraction of sp³-hybridized carbons (Fsp3) is 0.143. The van der Waals surface area contributed by atoms with Gasteiger partial charge in [0.1, 0.15) is 0 Å². The van der Waals surface area contributed by atoms with E-state index in [9.17, 15) is 4.21 Å². The van der Waals surface area contributed by atoms with Crippen LogP contribution >= 0.6 is 0 Å². The van der Waals surface area contributed by atoms with E-state index in [4.69, 9.17) is 0 Å². The first-order valence-corrected chi connectivity index (χ1v) is 4.13. The maximum absolute atomic E-state index is 10.8. The molecule has 0 N–H and O–H groups in total. The van der Waals surface area contributed by atoms with E-state index in [2.05, 4.69) is 17.5 Å². The van der Waals surface area contributed by atoms with Gasteiger partial charge in [0.25, 0.3) is 0 Å². The lowest BCUT2D eigenvalue weighted by molar-refractivity contribution is 0.602. The summed E-state index contributed by atoms with van der Waals surface area (Å²) in [5, 5.41) is 0. The van der Waals surface area contributed by atoms with Crippen LogP contribution in [0.3, 0.4) is 0 Å². The molecule has 0 saturated heterocycles. The van der Waals surface area contributed by atoms with E-state index in [1.165, 1.54) is 0 Å². The Labute approximate surface area is 62.2 Å². The zero-order chi connectivity index (χ0) is 7.56. The van der Waals surface area contributed by atoms with Gasteiger partial charge < -0.3 is 8.57 Å². The van der Waals surface area contributed by atoms with Crippen LogP contribution in [0.1, 0.15) is 0 Å². The molecule has 54 valence electrons. The van der Waals surface area contributed by atoms with Gasteiger partial charge in [-0.1, -0.05) is 25.0 Å². The van der Waals surface area contributed by atoms with Crippen molar-refractivity contribution in [3.63, 3.8) is 0 Å². The maximum atomic E-state index is 10.8. The number of nitrogens with zero attached hydrogens (tertiary/aromatic N) is 1. The molecule has 0 aliphatic carbocycles. The molecular weight excluding hydrogens is 146 g/mol. The fourth-order valence-electron chi connectivity index (χ4n) is 0.739. The van der Waals surface area contributed by atoms with Crippen molar-refractivity contribution in [1.82, 2.24) is 0 Å². The van der Waals surface area contributed by atoms with Gasteiger partial charge in [0.15, 0.2) is 0 Å². The second-order valence-electron chi connectivity index (χ2n) is 1.88. The molecule has 1 aliphatic rings. The van der Waals surface area contributed by atoms with Crippen LogP contribution in [0, 0.1) is 0 Å². The van der Waals surface area contributed by atoms with Gasteiger partial charge in [-0.3, -0.25) is 0 Å². The third kappa shape index (κ3) is 1.19. The van der Waals surface area contributed by atoms with Crippen LogP contribution in [0.25, 0.3) is 0 Å². The van der Waals surface area contributed by atoms with E-state index in [0.29, 0.717) is 11.4 Å². The van der Waals surface area contributed by atoms with Crippen LogP contribution < -0.4 is 0 Å². The summed E-state index contributed by atoms with van der Waals surface area (Å²) in [7, 11) is -1.07. The molecule has 0 fully saturated rings. The molecule has 0 spiro atoms. The Morgan fingerprint density at radius 1 is 1.50 bits per heavy atom. The van der Waals surface area contributed by atoms with Crippen LogP contribution in [-0.4, -0.2) is 5.75 Å². The summed E-state index contributed by atoms with van der Waals surface area (Å²) in [6.45, 7) is 7.12. The number of allylic oxidation sites excluding steroid dienone is 2. The second-order valence-corrected chi connectivity index (χ2v) is 2.99. The van der Waals surface area contributed by atoms with Gasteiger partial charge in [-0.05, 0) is 11.6 Å². The molecule has 2 nitrogen and oxygen atoms in total. The zero-order valence-corrected chi connectivity index (χ0v) is 6.36. The lowest BCUT2D eigenvalue weighted by atomic mass is 10.2. The quantitative estimate of drug-likeness (QED) is 0.557. The predicted molar refractivity (Wildman–Crippen MR) is 42.8 cm³/mol. The Kier molecular flexibility index (Phi) is 2.06. The largest absolute Gasteiger partial charge is 0.444 e. The van der Waals surface area contributed by atoms with E-state index < -0.39 is 10.6 Å². The van der Waals surface area contributed by atoms with Gasteiger partial charge in [0, 0.05) is 5.70 Å². The van der Waals surface area contributed by atoms with Crippen molar-refractivity contribution in [3.05, 3.63) is 36.6 Å². The lowest BCUT2D eigenvalue weighted by Crippen LogP contribution is -1.82.